The van der Waals surface area contributed by atoms with Gasteiger partial charge in [-0.15, -0.1) is 22.7 Å². The molecule has 0 fully saturated rings. The number of hydrogen-bond acceptors (Lipinski definition) is 6. The number of esters is 1. The zero-order valence-electron chi connectivity index (χ0n) is 14.4. The van der Waals surface area contributed by atoms with Crippen molar-refractivity contribution in [3.8, 4) is 10.7 Å². The summed E-state index contributed by atoms with van der Waals surface area (Å²) in [6.45, 7) is 0.199. The Balaban J connectivity index is 1.40. The molecule has 0 aromatic carbocycles. The van der Waals surface area contributed by atoms with E-state index in [0.717, 1.165) is 34.1 Å². The van der Waals surface area contributed by atoms with Crippen molar-refractivity contribution in [2.75, 3.05) is 0 Å². The first kappa shape index (κ1) is 17.4. The van der Waals surface area contributed by atoms with E-state index in [1.165, 1.54) is 47.5 Å². The van der Waals surface area contributed by atoms with Gasteiger partial charge in [-0.05, 0) is 49.4 Å². The molecule has 4 rings (SSSR count). The molecule has 0 amide bonds. The highest BCUT2D eigenvalue weighted by atomic mass is 32.1. The fourth-order valence-electron chi connectivity index (χ4n) is 3.14. The molecule has 0 spiro atoms. The zero-order valence-corrected chi connectivity index (χ0v) is 16.1. The molecule has 0 unspecified atom stereocenters. The van der Waals surface area contributed by atoms with Crippen LogP contribution in [0.5, 0.6) is 0 Å². The van der Waals surface area contributed by atoms with Crippen molar-refractivity contribution in [1.29, 1.82) is 0 Å². The van der Waals surface area contributed by atoms with Gasteiger partial charge in [0.15, 0.2) is 0 Å². The summed E-state index contributed by atoms with van der Waals surface area (Å²) in [4.78, 5) is 23.3. The molecule has 0 radical (unpaired) electrons. The molecular weight excluding hydrogens is 364 g/mol. The van der Waals surface area contributed by atoms with Crippen LogP contribution in [-0.2, 0) is 24.2 Å². The third-order valence-corrected chi connectivity index (χ3v) is 6.62. The molecule has 1 aliphatic carbocycles. The summed E-state index contributed by atoms with van der Waals surface area (Å²) in [5.74, 6) is -0.242. The number of aryl methyl sites for hydroxylation is 2. The maximum Gasteiger partial charge on any atom is 0.348 e. The van der Waals surface area contributed by atoms with Crippen molar-refractivity contribution in [1.82, 2.24) is 9.97 Å². The molecule has 1 aliphatic rings. The molecule has 3 aromatic rings. The van der Waals surface area contributed by atoms with E-state index < -0.39 is 0 Å². The van der Waals surface area contributed by atoms with E-state index in [2.05, 4.69) is 9.97 Å². The van der Waals surface area contributed by atoms with Crippen LogP contribution < -0.4 is 0 Å². The smallest absolute Gasteiger partial charge is 0.348 e. The number of carbonyl (C=O) groups excluding carboxylic acids is 1. The van der Waals surface area contributed by atoms with Crippen molar-refractivity contribution < 1.29 is 9.53 Å². The number of rotatable bonds is 4. The molecule has 0 N–H and O–H groups in total. The minimum absolute atomic E-state index is 0.199. The maximum absolute atomic E-state index is 12.4. The highest BCUT2D eigenvalue weighted by Crippen LogP contribution is 2.29. The Bertz CT molecular complexity index is 861. The summed E-state index contributed by atoms with van der Waals surface area (Å²) in [6.07, 6.45) is 8.94. The highest BCUT2D eigenvalue weighted by molar-refractivity contribution is 7.14. The standard InChI is InChI=1S/C20H20N2O2S2/c23-20(18-11-14-7-3-1-2-4-9-17(14)26-18)24-12-15-13-25-19(22-15)16-8-5-6-10-21-16/h5-6,8,10-11,13H,1-4,7,9,12H2. The Morgan fingerprint density at radius 1 is 1.15 bits per heavy atom. The second-order valence-corrected chi connectivity index (χ2v) is 8.40. The van der Waals surface area contributed by atoms with E-state index in [0.29, 0.717) is 0 Å². The third-order valence-electron chi connectivity index (χ3n) is 4.48. The van der Waals surface area contributed by atoms with Crippen LogP contribution in [0.25, 0.3) is 10.7 Å². The Morgan fingerprint density at radius 3 is 2.88 bits per heavy atom. The fraction of sp³-hybridized carbons (Fsp3) is 0.350. The average Bonchev–Trinajstić information content (AvgIpc) is 3.28. The topological polar surface area (TPSA) is 52.1 Å². The SMILES string of the molecule is O=C(OCc1csc(-c2ccccn2)n1)c1cc2c(s1)CCCCCC2. The van der Waals surface area contributed by atoms with Crippen LogP contribution in [0.1, 0.15) is 51.5 Å². The molecule has 0 bridgehead atoms. The van der Waals surface area contributed by atoms with E-state index in [1.54, 1.807) is 17.5 Å². The van der Waals surface area contributed by atoms with Crippen LogP contribution in [0.4, 0.5) is 0 Å². The first-order valence-corrected chi connectivity index (χ1v) is 10.6. The lowest BCUT2D eigenvalue weighted by molar-refractivity contribution is 0.0474. The number of carbonyl (C=O) groups is 1. The second-order valence-electron chi connectivity index (χ2n) is 6.41. The van der Waals surface area contributed by atoms with Crippen molar-refractivity contribution in [2.24, 2.45) is 0 Å². The predicted octanol–water partition coefficient (Wildman–Crippen LogP) is 5.28. The summed E-state index contributed by atoms with van der Waals surface area (Å²) < 4.78 is 5.50. The lowest BCUT2D eigenvalue weighted by Crippen LogP contribution is -2.03. The van der Waals surface area contributed by atoms with E-state index in [1.807, 2.05) is 29.6 Å². The van der Waals surface area contributed by atoms with Crippen LogP contribution in [0.3, 0.4) is 0 Å². The van der Waals surface area contributed by atoms with Gasteiger partial charge in [0.25, 0.3) is 0 Å². The van der Waals surface area contributed by atoms with Crippen LogP contribution >= 0.6 is 22.7 Å². The Hall–Kier alpha value is -2.05. The summed E-state index contributed by atoms with van der Waals surface area (Å²) >= 11 is 3.12. The lowest BCUT2D eigenvalue weighted by Gasteiger charge is -2.07. The predicted molar refractivity (Wildman–Crippen MR) is 105 cm³/mol. The number of hydrogen-bond donors (Lipinski definition) is 0. The number of aromatic nitrogens is 2. The number of fused-ring (bicyclic) bond motifs is 1. The number of thiophene rings is 1. The first-order chi connectivity index (χ1) is 12.8. The zero-order chi connectivity index (χ0) is 17.8. The quantitative estimate of drug-likeness (QED) is 0.574. The second kappa shape index (κ2) is 8.10. The summed E-state index contributed by atoms with van der Waals surface area (Å²) in [5.41, 5.74) is 2.94. The molecule has 0 saturated carbocycles. The molecule has 0 aliphatic heterocycles. The minimum atomic E-state index is -0.242. The number of nitrogens with zero attached hydrogens (tertiary/aromatic N) is 2. The van der Waals surface area contributed by atoms with Crippen molar-refractivity contribution in [3.63, 3.8) is 0 Å². The van der Waals surface area contributed by atoms with Crippen molar-refractivity contribution in [3.05, 3.63) is 56.9 Å². The Morgan fingerprint density at radius 2 is 2.04 bits per heavy atom. The van der Waals surface area contributed by atoms with E-state index >= 15 is 0 Å². The molecule has 6 heteroatoms. The molecule has 3 heterocycles. The van der Waals surface area contributed by atoms with Crippen molar-refractivity contribution >= 4 is 28.6 Å². The fourth-order valence-corrected chi connectivity index (χ4v) is 5.06. The normalized spacial score (nSPS) is 14.3. The highest BCUT2D eigenvalue weighted by Gasteiger charge is 2.17. The maximum atomic E-state index is 12.4. The monoisotopic (exact) mass is 384 g/mol. The van der Waals surface area contributed by atoms with Crippen LogP contribution in [-0.4, -0.2) is 15.9 Å². The number of ether oxygens (including phenoxy) is 1. The van der Waals surface area contributed by atoms with Gasteiger partial charge in [-0.3, -0.25) is 4.98 Å². The molecule has 3 aromatic heterocycles. The molecule has 4 nitrogen and oxygen atoms in total. The summed E-state index contributed by atoms with van der Waals surface area (Å²) in [7, 11) is 0. The summed E-state index contributed by atoms with van der Waals surface area (Å²) in [5, 5.41) is 2.76. The van der Waals surface area contributed by atoms with Gasteiger partial charge in [-0.1, -0.05) is 18.9 Å². The molecule has 0 atom stereocenters. The Labute approximate surface area is 160 Å². The summed E-state index contributed by atoms with van der Waals surface area (Å²) in [6, 6.07) is 7.78. The van der Waals surface area contributed by atoms with Gasteiger partial charge in [0.2, 0.25) is 0 Å². The molecule has 0 saturated heterocycles. The first-order valence-electron chi connectivity index (χ1n) is 8.94. The van der Waals surface area contributed by atoms with Gasteiger partial charge in [0, 0.05) is 16.5 Å². The average molecular weight is 385 g/mol. The largest absolute Gasteiger partial charge is 0.455 e. The van der Waals surface area contributed by atoms with Crippen LogP contribution in [0.15, 0.2) is 35.8 Å². The van der Waals surface area contributed by atoms with E-state index in [9.17, 15) is 4.79 Å². The van der Waals surface area contributed by atoms with E-state index in [4.69, 9.17) is 4.74 Å². The molecular formula is C20H20N2O2S2. The van der Waals surface area contributed by atoms with Crippen LogP contribution in [0, 0.1) is 0 Å². The van der Waals surface area contributed by atoms with Crippen molar-refractivity contribution in [2.45, 2.75) is 45.1 Å². The van der Waals surface area contributed by atoms with Gasteiger partial charge in [-0.25, -0.2) is 9.78 Å². The van der Waals surface area contributed by atoms with Gasteiger partial charge < -0.3 is 4.74 Å². The molecule has 26 heavy (non-hydrogen) atoms. The number of thiazole rings is 1. The van der Waals surface area contributed by atoms with Gasteiger partial charge in [-0.2, -0.15) is 0 Å². The number of pyridine rings is 1. The van der Waals surface area contributed by atoms with E-state index in [-0.39, 0.29) is 12.6 Å². The van der Waals surface area contributed by atoms with Gasteiger partial charge in [0.05, 0.1) is 11.4 Å². The lowest BCUT2D eigenvalue weighted by atomic mass is 10.00. The van der Waals surface area contributed by atoms with Crippen LogP contribution in [0.2, 0.25) is 0 Å². The Kier molecular flexibility index (Phi) is 5.41. The van der Waals surface area contributed by atoms with Gasteiger partial charge >= 0.3 is 5.97 Å². The van der Waals surface area contributed by atoms with Gasteiger partial charge in [0.1, 0.15) is 16.5 Å². The third kappa shape index (κ3) is 4.02. The minimum Gasteiger partial charge on any atom is -0.455 e. The molecule has 134 valence electrons.